The van der Waals surface area contributed by atoms with E-state index in [1.165, 1.54) is 0 Å². The van der Waals surface area contributed by atoms with Gasteiger partial charge in [0.2, 0.25) is 0 Å². The van der Waals surface area contributed by atoms with Crippen molar-refractivity contribution in [3.63, 3.8) is 0 Å². The first kappa shape index (κ1) is 19.1. The molecule has 0 amide bonds. The highest BCUT2D eigenvalue weighted by molar-refractivity contribution is 6.34. The Kier molecular flexibility index (Phi) is 4.53. The van der Waals surface area contributed by atoms with Crippen molar-refractivity contribution in [1.82, 2.24) is 9.88 Å². The average Bonchev–Trinajstić information content (AvgIpc) is 2.67. The van der Waals surface area contributed by atoms with E-state index in [0.29, 0.717) is 22.0 Å². The Labute approximate surface area is 179 Å². The summed E-state index contributed by atoms with van der Waals surface area (Å²) in [6.07, 6.45) is 0. The largest absolute Gasteiger partial charge is 0.508 e. The second-order valence-electron chi connectivity index (χ2n) is 8.03. The number of aromatic nitrogens is 1. The molecule has 0 aliphatic carbocycles. The van der Waals surface area contributed by atoms with Crippen LogP contribution >= 0.6 is 11.6 Å². The number of pyridine rings is 1. The van der Waals surface area contributed by atoms with Crippen LogP contribution in [0.1, 0.15) is 0 Å². The van der Waals surface area contributed by atoms with Gasteiger partial charge in [-0.1, -0.05) is 35.9 Å². The minimum atomic E-state index is -0.472. The minimum absolute atomic E-state index is 0.0660. The number of hydrogen-bond donors (Lipinski definition) is 1. The van der Waals surface area contributed by atoms with Crippen LogP contribution in [-0.4, -0.2) is 48.2 Å². The summed E-state index contributed by atoms with van der Waals surface area (Å²) < 4.78 is 15.8. The molecule has 0 atom stereocenters. The molecule has 1 aliphatic rings. The number of phenols is 1. The third kappa shape index (κ3) is 3.06. The van der Waals surface area contributed by atoms with E-state index in [9.17, 15) is 5.11 Å². The molecule has 0 unspecified atom stereocenters. The van der Waals surface area contributed by atoms with E-state index in [2.05, 4.69) is 28.9 Å². The first-order valence-corrected chi connectivity index (χ1v) is 10.2. The topological polar surface area (TPSA) is 39.6 Å². The molecule has 1 N–H and O–H groups in total. The Hall–Kier alpha value is -2.89. The summed E-state index contributed by atoms with van der Waals surface area (Å²) >= 11 is 6.53. The van der Waals surface area contributed by atoms with Crippen molar-refractivity contribution in [3.05, 3.63) is 65.4 Å². The van der Waals surface area contributed by atoms with Crippen molar-refractivity contribution < 1.29 is 9.50 Å². The molecule has 0 radical (unpaired) electrons. The van der Waals surface area contributed by atoms with Gasteiger partial charge in [-0.3, -0.25) is 0 Å². The van der Waals surface area contributed by atoms with E-state index in [1.54, 1.807) is 18.2 Å². The molecule has 4 aromatic rings. The molecule has 1 aliphatic heterocycles. The molecule has 0 saturated carbocycles. The molecule has 3 aromatic carbocycles. The van der Waals surface area contributed by atoms with Crippen molar-refractivity contribution in [2.45, 2.75) is 6.04 Å². The minimum Gasteiger partial charge on any atom is -0.508 e. The first-order valence-electron chi connectivity index (χ1n) is 9.84. The van der Waals surface area contributed by atoms with Crippen LogP contribution in [0.15, 0.2) is 54.6 Å². The van der Waals surface area contributed by atoms with Gasteiger partial charge in [-0.2, -0.15) is 0 Å². The van der Waals surface area contributed by atoms with E-state index < -0.39 is 5.82 Å². The Morgan fingerprint density at radius 2 is 1.83 bits per heavy atom. The van der Waals surface area contributed by atoms with Crippen LogP contribution in [-0.2, 0) is 0 Å². The third-order valence-corrected chi connectivity index (χ3v) is 6.19. The van der Waals surface area contributed by atoms with Gasteiger partial charge >= 0.3 is 0 Å². The van der Waals surface area contributed by atoms with Crippen LogP contribution in [0.25, 0.3) is 32.8 Å². The fraction of sp³-hybridized carbons (Fsp3) is 0.208. The zero-order valence-electron chi connectivity index (χ0n) is 16.7. The Morgan fingerprint density at radius 3 is 2.60 bits per heavy atom. The van der Waals surface area contributed by atoms with Crippen LogP contribution in [0.3, 0.4) is 0 Å². The fourth-order valence-electron chi connectivity index (χ4n) is 4.08. The smallest absolute Gasteiger partial charge is 0.158 e. The summed E-state index contributed by atoms with van der Waals surface area (Å²) in [5.74, 6) is 0.351. The number of hydrogen-bond acceptors (Lipinski definition) is 4. The van der Waals surface area contributed by atoms with Crippen LogP contribution < -0.4 is 4.90 Å². The molecular weight excluding hydrogens is 401 g/mol. The number of aromatic hydroxyl groups is 1. The maximum atomic E-state index is 15.8. The Bertz CT molecular complexity index is 1280. The number of likely N-dealkylation sites (N-methyl/N-ethyl adjacent to an activating group) is 1. The zero-order valence-corrected chi connectivity index (χ0v) is 17.5. The van der Waals surface area contributed by atoms with E-state index in [1.807, 2.05) is 36.4 Å². The van der Waals surface area contributed by atoms with Crippen molar-refractivity contribution >= 4 is 39.1 Å². The highest BCUT2D eigenvalue weighted by Crippen LogP contribution is 2.41. The fourth-order valence-corrected chi connectivity index (χ4v) is 4.38. The molecule has 152 valence electrons. The zero-order chi connectivity index (χ0) is 21.0. The molecule has 4 nitrogen and oxygen atoms in total. The number of fused-ring (bicyclic) bond motifs is 2. The number of phenolic OH excluding ortho intramolecular Hbond substituents is 1. The normalized spacial score (nSPS) is 14.6. The number of anilines is 1. The van der Waals surface area contributed by atoms with Crippen molar-refractivity contribution in [1.29, 1.82) is 0 Å². The van der Waals surface area contributed by atoms with Gasteiger partial charge in [0.1, 0.15) is 17.1 Å². The Balaban J connectivity index is 1.67. The maximum Gasteiger partial charge on any atom is 0.158 e. The lowest BCUT2D eigenvalue weighted by atomic mass is 9.96. The molecule has 0 bridgehead atoms. The summed E-state index contributed by atoms with van der Waals surface area (Å²) in [7, 11) is 4.12. The Morgan fingerprint density at radius 1 is 1.07 bits per heavy atom. The van der Waals surface area contributed by atoms with Crippen LogP contribution in [0.2, 0.25) is 5.02 Å². The lowest BCUT2D eigenvalue weighted by Gasteiger charge is -2.43. The predicted octanol–water partition coefficient (Wildman–Crippen LogP) is 5.30. The van der Waals surface area contributed by atoms with Gasteiger partial charge in [0.05, 0.1) is 5.02 Å². The van der Waals surface area contributed by atoms with E-state index >= 15 is 4.39 Å². The van der Waals surface area contributed by atoms with Gasteiger partial charge in [0.15, 0.2) is 5.82 Å². The van der Waals surface area contributed by atoms with Crippen molar-refractivity contribution in [2.24, 2.45) is 0 Å². The third-order valence-electron chi connectivity index (χ3n) is 5.89. The summed E-state index contributed by atoms with van der Waals surface area (Å²) in [6.45, 7) is 1.73. The first-order chi connectivity index (χ1) is 14.4. The van der Waals surface area contributed by atoms with Gasteiger partial charge in [0, 0.05) is 30.1 Å². The molecule has 6 heteroatoms. The lowest BCUT2D eigenvalue weighted by Crippen LogP contribution is -2.57. The monoisotopic (exact) mass is 421 g/mol. The summed E-state index contributed by atoms with van der Waals surface area (Å²) in [6, 6.07) is 16.8. The van der Waals surface area contributed by atoms with E-state index in [-0.39, 0.29) is 16.8 Å². The molecule has 1 saturated heterocycles. The van der Waals surface area contributed by atoms with Gasteiger partial charge in [-0.15, -0.1) is 0 Å². The molecule has 1 fully saturated rings. The second-order valence-corrected chi connectivity index (χ2v) is 8.43. The van der Waals surface area contributed by atoms with Gasteiger partial charge < -0.3 is 14.9 Å². The summed E-state index contributed by atoms with van der Waals surface area (Å²) in [5.41, 5.74) is 1.10. The molecular formula is C24H21ClFN3O. The van der Waals surface area contributed by atoms with Crippen LogP contribution in [0.5, 0.6) is 5.75 Å². The number of benzene rings is 3. The van der Waals surface area contributed by atoms with Crippen molar-refractivity contribution in [3.8, 4) is 16.9 Å². The highest BCUT2D eigenvalue weighted by Gasteiger charge is 2.29. The van der Waals surface area contributed by atoms with E-state index in [4.69, 9.17) is 11.6 Å². The lowest BCUT2D eigenvalue weighted by molar-refractivity contribution is 0.246. The maximum absolute atomic E-state index is 15.8. The van der Waals surface area contributed by atoms with Gasteiger partial charge in [0.25, 0.3) is 0 Å². The average molecular weight is 422 g/mol. The van der Waals surface area contributed by atoms with Crippen LogP contribution in [0, 0.1) is 5.82 Å². The molecule has 0 spiro atoms. The molecule has 1 aromatic heterocycles. The second kappa shape index (κ2) is 7.11. The van der Waals surface area contributed by atoms with Crippen molar-refractivity contribution in [2.75, 3.05) is 32.1 Å². The number of rotatable bonds is 3. The molecule has 5 rings (SSSR count). The van der Waals surface area contributed by atoms with Gasteiger partial charge in [-0.25, -0.2) is 9.37 Å². The summed E-state index contributed by atoms with van der Waals surface area (Å²) in [5, 5.41) is 12.8. The standard InChI is InChI=1S/C24H21ClFN3O/c1-28(2)16-12-29(13-16)21-8-7-15-10-20(25)22(23(26)24(15)27-21)19-11-17(30)9-14-5-3-4-6-18(14)19/h3-11,16,30H,12-13H2,1-2H3. The SMILES string of the molecule is CN(C)C1CN(c2ccc3cc(Cl)c(-c4cc(O)cc5ccccc45)c(F)c3n2)C1. The van der Waals surface area contributed by atoms with Gasteiger partial charge in [-0.05, 0) is 60.8 Å². The molecule has 30 heavy (non-hydrogen) atoms. The quantitative estimate of drug-likeness (QED) is 0.487. The highest BCUT2D eigenvalue weighted by atomic mass is 35.5. The number of nitrogens with zero attached hydrogens (tertiary/aromatic N) is 3. The predicted molar refractivity (Wildman–Crippen MR) is 121 cm³/mol. The number of halogens is 2. The molecule has 2 heterocycles. The van der Waals surface area contributed by atoms with Crippen LogP contribution in [0.4, 0.5) is 10.2 Å². The van der Waals surface area contributed by atoms with E-state index in [0.717, 1.165) is 29.7 Å². The summed E-state index contributed by atoms with van der Waals surface area (Å²) in [4.78, 5) is 8.96.